The number of fused-ring (bicyclic) bond motifs is 1. The third-order valence-corrected chi connectivity index (χ3v) is 2.77. The highest BCUT2D eigenvalue weighted by Gasteiger charge is 2.07. The van der Waals surface area contributed by atoms with E-state index < -0.39 is 0 Å². The zero-order valence-corrected chi connectivity index (χ0v) is 10.7. The van der Waals surface area contributed by atoms with E-state index in [9.17, 15) is 0 Å². The molecule has 0 atom stereocenters. The van der Waals surface area contributed by atoms with Crippen LogP contribution in [0.5, 0.6) is 5.75 Å². The van der Waals surface area contributed by atoms with Gasteiger partial charge in [-0.2, -0.15) is 0 Å². The highest BCUT2D eigenvalue weighted by molar-refractivity contribution is 5.67. The van der Waals surface area contributed by atoms with E-state index >= 15 is 0 Å². The summed E-state index contributed by atoms with van der Waals surface area (Å²) in [6.45, 7) is 2.47. The molecule has 19 heavy (non-hydrogen) atoms. The minimum atomic E-state index is 0.538. The van der Waals surface area contributed by atoms with Crippen LogP contribution >= 0.6 is 0 Å². The van der Waals surface area contributed by atoms with Gasteiger partial charge in [-0.05, 0) is 31.2 Å². The second-order valence-corrected chi connectivity index (χ2v) is 4.30. The van der Waals surface area contributed by atoms with Crippen molar-refractivity contribution in [3.63, 3.8) is 0 Å². The maximum absolute atomic E-state index is 5.61. The number of para-hydroxylation sites is 1. The molecule has 0 aliphatic heterocycles. The number of oxazole rings is 1. The molecule has 0 spiro atoms. The number of benzene rings is 1. The molecule has 0 aliphatic carbocycles. The minimum absolute atomic E-state index is 0.538. The molecule has 0 amide bonds. The van der Waals surface area contributed by atoms with Crippen molar-refractivity contribution in [1.82, 2.24) is 9.97 Å². The average molecular weight is 254 g/mol. The number of rotatable bonds is 4. The fraction of sp³-hybridized carbons (Fsp3) is 0.200. The molecule has 0 unspecified atom stereocenters. The Morgan fingerprint density at radius 3 is 2.74 bits per heavy atom. The van der Waals surface area contributed by atoms with Gasteiger partial charge in [0.15, 0.2) is 0 Å². The van der Waals surface area contributed by atoms with Gasteiger partial charge in [-0.1, -0.05) is 18.2 Å². The monoisotopic (exact) mass is 254 g/mol. The fourth-order valence-corrected chi connectivity index (χ4v) is 1.83. The Morgan fingerprint density at radius 1 is 1.05 bits per heavy atom. The summed E-state index contributed by atoms with van der Waals surface area (Å²) in [5.41, 5.74) is 2.31. The van der Waals surface area contributed by atoms with E-state index in [0.717, 1.165) is 17.0 Å². The van der Waals surface area contributed by atoms with Gasteiger partial charge in [-0.3, -0.25) is 0 Å². The van der Waals surface area contributed by atoms with Crippen LogP contribution in [0.15, 0.2) is 46.9 Å². The van der Waals surface area contributed by atoms with E-state index in [-0.39, 0.29) is 0 Å². The molecule has 0 saturated carbocycles. The molecule has 3 aromatic rings. The molecule has 0 radical (unpaired) electrons. The number of ether oxygens (including phenoxy) is 1. The van der Waals surface area contributed by atoms with Crippen LogP contribution in [-0.4, -0.2) is 16.6 Å². The van der Waals surface area contributed by atoms with Gasteiger partial charge in [0, 0.05) is 5.69 Å². The second-order valence-electron chi connectivity index (χ2n) is 4.30. The summed E-state index contributed by atoms with van der Waals surface area (Å²) < 4.78 is 11.2. The fourth-order valence-electron chi connectivity index (χ4n) is 1.83. The SMILES string of the molecule is Cc1ccc2nc(CCOc3ccccc3)oc2n1. The van der Waals surface area contributed by atoms with Crippen LogP contribution in [0.1, 0.15) is 11.6 Å². The molecule has 4 nitrogen and oxygen atoms in total. The van der Waals surface area contributed by atoms with Gasteiger partial charge in [0.05, 0.1) is 13.0 Å². The van der Waals surface area contributed by atoms with Crippen molar-refractivity contribution in [1.29, 1.82) is 0 Å². The van der Waals surface area contributed by atoms with Gasteiger partial charge < -0.3 is 9.15 Å². The smallest absolute Gasteiger partial charge is 0.247 e. The molecule has 0 N–H and O–H groups in total. The number of nitrogens with zero attached hydrogens (tertiary/aromatic N) is 2. The Hall–Kier alpha value is -2.36. The first-order chi connectivity index (χ1) is 9.31. The lowest BCUT2D eigenvalue weighted by molar-refractivity contribution is 0.308. The van der Waals surface area contributed by atoms with Crippen LogP contribution < -0.4 is 4.74 Å². The van der Waals surface area contributed by atoms with Crippen LogP contribution in [0.25, 0.3) is 11.2 Å². The summed E-state index contributed by atoms with van der Waals surface area (Å²) in [6.07, 6.45) is 0.629. The van der Waals surface area contributed by atoms with Crippen molar-refractivity contribution in [3.05, 3.63) is 54.0 Å². The van der Waals surface area contributed by atoms with E-state index in [0.29, 0.717) is 24.6 Å². The van der Waals surface area contributed by atoms with E-state index in [2.05, 4.69) is 9.97 Å². The van der Waals surface area contributed by atoms with Crippen molar-refractivity contribution >= 4 is 11.2 Å². The summed E-state index contributed by atoms with van der Waals surface area (Å²) in [5.74, 6) is 1.51. The number of hydrogen-bond acceptors (Lipinski definition) is 4. The van der Waals surface area contributed by atoms with Gasteiger partial charge in [-0.15, -0.1) is 0 Å². The van der Waals surface area contributed by atoms with Gasteiger partial charge in [0.2, 0.25) is 11.6 Å². The third kappa shape index (κ3) is 2.73. The summed E-state index contributed by atoms with van der Waals surface area (Å²) >= 11 is 0. The number of aryl methyl sites for hydroxylation is 1. The summed E-state index contributed by atoms with van der Waals surface area (Å²) in [7, 11) is 0. The van der Waals surface area contributed by atoms with E-state index in [1.807, 2.05) is 49.4 Å². The molecular formula is C15H14N2O2. The lowest BCUT2D eigenvalue weighted by Crippen LogP contribution is -2.01. The molecule has 0 aliphatic rings. The van der Waals surface area contributed by atoms with Crippen LogP contribution in [0.2, 0.25) is 0 Å². The van der Waals surface area contributed by atoms with Gasteiger partial charge in [0.1, 0.15) is 11.3 Å². The van der Waals surface area contributed by atoms with Crippen LogP contribution in [0.3, 0.4) is 0 Å². The number of hydrogen-bond donors (Lipinski definition) is 0. The molecule has 2 heterocycles. The topological polar surface area (TPSA) is 48.2 Å². The summed E-state index contributed by atoms with van der Waals surface area (Å²) in [5, 5.41) is 0. The summed E-state index contributed by atoms with van der Waals surface area (Å²) in [6, 6.07) is 13.6. The molecule has 96 valence electrons. The van der Waals surface area contributed by atoms with Crippen molar-refractivity contribution in [3.8, 4) is 5.75 Å². The van der Waals surface area contributed by atoms with Crippen LogP contribution in [0.4, 0.5) is 0 Å². The summed E-state index contributed by atoms with van der Waals surface area (Å²) in [4.78, 5) is 8.67. The Labute approximate surface area is 111 Å². The highest BCUT2D eigenvalue weighted by Crippen LogP contribution is 2.15. The van der Waals surface area contributed by atoms with E-state index in [4.69, 9.17) is 9.15 Å². The predicted octanol–water partition coefficient (Wildman–Crippen LogP) is 3.15. The second kappa shape index (κ2) is 5.10. The third-order valence-electron chi connectivity index (χ3n) is 2.77. The van der Waals surface area contributed by atoms with Crippen LogP contribution in [0, 0.1) is 6.92 Å². The van der Waals surface area contributed by atoms with Crippen molar-refractivity contribution < 1.29 is 9.15 Å². The Bertz CT molecular complexity index is 677. The first-order valence-electron chi connectivity index (χ1n) is 6.22. The Kier molecular flexibility index (Phi) is 3.14. The van der Waals surface area contributed by atoms with E-state index in [1.165, 1.54) is 0 Å². The molecule has 0 saturated heterocycles. The minimum Gasteiger partial charge on any atom is -0.493 e. The first kappa shape index (κ1) is 11.7. The van der Waals surface area contributed by atoms with E-state index in [1.54, 1.807) is 0 Å². The molecule has 0 fully saturated rings. The normalized spacial score (nSPS) is 10.8. The molecule has 3 rings (SSSR count). The van der Waals surface area contributed by atoms with Crippen LogP contribution in [-0.2, 0) is 6.42 Å². The standard InChI is InChI=1S/C15H14N2O2/c1-11-7-8-13-15(16-11)19-14(17-13)9-10-18-12-5-3-2-4-6-12/h2-8H,9-10H2,1H3. The molecule has 0 bridgehead atoms. The Morgan fingerprint density at radius 2 is 1.89 bits per heavy atom. The molecular weight excluding hydrogens is 240 g/mol. The highest BCUT2D eigenvalue weighted by atomic mass is 16.5. The van der Waals surface area contributed by atoms with Gasteiger partial charge >= 0.3 is 0 Å². The lowest BCUT2D eigenvalue weighted by atomic mass is 10.3. The molecule has 4 heteroatoms. The maximum Gasteiger partial charge on any atom is 0.247 e. The Balaban J connectivity index is 1.65. The van der Waals surface area contributed by atoms with Gasteiger partial charge in [-0.25, -0.2) is 9.97 Å². The first-order valence-corrected chi connectivity index (χ1v) is 6.22. The average Bonchev–Trinajstić information content (AvgIpc) is 2.82. The quantitative estimate of drug-likeness (QED) is 0.717. The zero-order valence-electron chi connectivity index (χ0n) is 10.7. The maximum atomic E-state index is 5.61. The van der Waals surface area contributed by atoms with Gasteiger partial charge in [0.25, 0.3) is 0 Å². The molecule has 2 aromatic heterocycles. The number of pyridine rings is 1. The van der Waals surface area contributed by atoms with Crippen molar-refractivity contribution in [2.24, 2.45) is 0 Å². The largest absolute Gasteiger partial charge is 0.493 e. The molecule has 1 aromatic carbocycles. The zero-order chi connectivity index (χ0) is 13.1. The van der Waals surface area contributed by atoms with Crippen molar-refractivity contribution in [2.75, 3.05) is 6.61 Å². The lowest BCUT2D eigenvalue weighted by Gasteiger charge is -2.03. The van der Waals surface area contributed by atoms with Crippen molar-refractivity contribution in [2.45, 2.75) is 13.3 Å². The number of aromatic nitrogens is 2. The predicted molar refractivity (Wildman–Crippen MR) is 72.2 cm³/mol.